The summed E-state index contributed by atoms with van der Waals surface area (Å²) in [6.45, 7) is 1.82. The number of nitrogens with one attached hydrogen (secondary N) is 2. The molecular weight excluding hydrogens is 324 g/mol. The van der Waals surface area contributed by atoms with Crippen molar-refractivity contribution in [3.63, 3.8) is 0 Å². The highest BCUT2D eigenvalue weighted by molar-refractivity contribution is 7.98. The fourth-order valence-electron chi connectivity index (χ4n) is 2.07. The first-order valence-electron chi connectivity index (χ1n) is 7.91. The summed E-state index contributed by atoms with van der Waals surface area (Å²) in [5.74, 6) is 2.62. The van der Waals surface area contributed by atoms with Gasteiger partial charge in [-0.25, -0.2) is 0 Å². The van der Waals surface area contributed by atoms with Crippen molar-refractivity contribution in [2.75, 3.05) is 31.6 Å². The van der Waals surface area contributed by atoms with E-state index in [1.165, 1.54) is 0 Å². The average molecular weight is 348 g/mol. The molecule has 2 aromatic rings. The van der Waals surface area contributed by atoms with Crippen molar-refractivity contribution in [3.8, 4) is 0 Å². The molecule has 0 aliphatic rings. The van der Waals surface area contributed by atoms with E-state index in [9.17, 15) is 5.11 Å². The Morgan fingerprint density at radius 3 is 2.79 bits per heavy atom. The van der Waals surface area contributed by atoms with Crippen LogP contribution in [-0.2, 0) is 6.42 Å². The lowest BCUT2D eigenvalue weighted by atomic mass is 10.1. The first kappa shape index (κ1) is 18.4. The molecule has 3 N–H and O–H groups in total. The third kappa shape index (κ3) is 6.64. The molecule has 6 nitrogen and oxygen atoms in total. The van der Waals surface area contributed by atoms with E-state index in [0.717, 1.165) is 30.0 Å². The largest absolute Gasteiger partial charge is 0.469 e. The maximum Gasteiger partial charge on any atom is 0.191 e. The number of guanidine groups is 1. The van der Waals surface area contributed by atoms with E-state index in [2.05, 4.69) is 26.9 Å². The average Bonchev–Trinajstić information content (AvgIpc) is 3.13. The van der Waals surface area contributed by atoms with Crippen LogP contribution >= 0.6 is 11.8 Å². The Bertz CT molecular complexity index is 590. The molecule has 0 fully saturated rings. The monoisotopic (exact) mass is 348 g/mol. The van der Waals surface area contributed by atoms with Crippen molar-refractivity contribution in [2.45, 2.75) is 12.5 Å². The molecule has 0 amide bonds. The number of rotatable bonds is 9. The van der Waals surface area contributed by atoms with Gasteiger partial charge in [0.25, 0.3) is 0 Å². The van der Waals surface area contributed by atoms with Crippen LogP contribution in [0.15, 0.2) is 52.3 Å². The number of aliphatic hydroxyl groups excluding tert-OH is 1. The van der Waals surface area contributed by atoms with Gasteiger partial charge in [0, 0.05) is 37.7 Å². The Labute approximate surface area is 146 Å². The standard InChI is InChI=1S/C17H24N4O2S/c1-24-12-10-20-17(19-9-6-15-3-2-11-23-15)21-13-16(22)14-4-7-18-8-5-14/h2-5,7-8,11,16,22H,6,9-10,12-13H2,1H3,(H2,19,20,21). The number of aromatic nitrogens is 1. The van der Waals surface area contributed by atoms with Crippen LogP contribution in [0, 0.1) is 0 Å². The predicted octanol–water partition coefficient (Wildman–Crippen LogP) is 1.85. The van der Waals surface area contributed by atoms with E-state index in [0.29, 0.717) is 19.0 Å². The molecule has 2 rings (SSSR count). The van der Waals surface area contributed by atoms with Crippen LogP contribution in [0.3, 0.4) is 0 Å². The SMILES string of the molecule is CSCCNC(=NCC(O)c1ccncc1)NCCc1ccco1. The number of aliphatic hydroxyl groups is 1. The summed E-state index contributed by atoms with van der Waals surface area (Å²) >= 11 is 1.77. The van der Waals surface area contributed by atoms with E-state index in [-0.39, 0.29) is 0 Å². The van der Waals surface area contributed by atoms with Gasteiger partial charge in [0.2, 0.25) is 0 Å². The van der Waals surface area contributed by atoms with Crippen LogP contribution in [0.4, 0.5) is 0 Å². The maximum atomic E-state index is 10.2. The minimum absolute atomic E-state index is 0.291. The second-order valence-corrected chi connectivity index (χ2v) is 6.15. The molecule has 130 valence electrons. The van der Waals surface area contributed by atoms with Gasteiger partial charge in [-0.2, -0.15) is 11.8 Å². The van der Waals surface area contributed by atoms with Crippen LogP contribution in [0.1, 0.15) is 17.4 Å². The van der Waals surface area contributed by atoms with Gasteiger partial charge < -0.3 is 20.2 Å². The zero-order chi connectivity index (χ0) is 17.0. The molecule has 0 aliphatic carbocycles. The van der Waals surface area contributed by atoms with E-state index in [1.54, 1.807) is 42.6 Å². The quantitative estimate of drug-likeness (QED) is 0.364. The number of thioether (sulfide) groups is 1. The van der Waals surface area contributed by atoms with Crippen molar-refractivity contribution in [2.24, 2.45) is 4.99 Å². The maximum absolute atomic E-state index is 10.2. The number of aliphatic imine (C=N–C) groups is 1. The zero-order valence-electron chi connectivity index (χ0n) is 13.8. The molecule has 0 aliphatic heterocycles. The van der Waals surface area contributed by atoms with Crippen molar-refractivity contribution in [1.82, 2.24) is 15.6 Å². The number of nitrogens with zero attached hydrogens (tertiary/aromatic N) is 2. The van der Waals surface area contributed by atoms with E-state index in [1.807, 2.05) is 12.1 Å². The minimum Gasteiger partial charge on any atom is -0.469 e. The molecule has 24 heavy (non-hydrogen) atoms. The van der Waals surface area contributed by atoms with Gasteiger partial charge in [-0.1, -0.05) is 0 Å². The van der Waals surface area contributed by atoms with Gasteiger partial charge in [-0.15, -0.1) is 0 Å². The summed E-state index contributed by atoms with van der Waals surface area (Å²) in [6, 6.07) is 7.43. The fraction of sp³-hybridized carbons (Fsp3) is 0.412. The molecule has 1 unspecified atom stereocenters. The molecule has 0 saturated heterocycles. The van der Waals surface area contributed by atoms with E-state index in [4.69, 9.17) is 4.42 Å². The van der Waals surface area contributed by atoms with Gasteiger partial charge >= 0.3 is 0 Å². The Balaban J connectivity index is 1.85. The third-order valence-corrected chi connectivity index (χ3v) is 3.97. The smallest absolute Gasteiger partial charge is 0.191 e. The third-order valence-electron chi connectivity index (χ3n) is 3.36. The molecule has 2 heterocycles. The van der Waals surface area contributed by atoms with Crippen LogP contribution in [-0.4, -0.2) is 47.7 Å². The normalized spacial score (nSPS) is 12.8. The van der Waals surface area contributed by atoms with Gasteiger partial charge in [0.15, 0.2) is 5.96 Å². The molecule has 1 atom stereocenters. The van der Waals surface area contributed by atoms with Crippen LogP contribution in [0.25, 0.3) is 0 Å². The summed E-state index contributed by atoms with van der Waals surface area (Å²) in [7, 11) is 0. The molecule has 0 saturated carbocycles. The Morgan fingerprint density at radius 1 is 1.29 bits per heavy atom. The van der Waals surface area contributed by atoms with Gasteiger partial charge in [0.05, 0.1) is 18.9 Å². The second-order valence-electron chi connectivity index (χ2n) is 5.16. The number of furan rings is 1. The molecular formula is C17H24N4O2S. The Hall–Kier alpha value is -1.99. The summed E-state index contributed by atoms with van der Waals surface area (Å²) < 4.78 is 5.32. The summed E-state index contributed by atoms with van der Waals surface area (Å²) in [4.78, 5) is 8.43. The van der Waals surface area contributed by atoms with Gasteiger partial charge in [-0.05, 0) is 36.1 Å². The lowest BCUT2D eigenvalue weighted by Crippen LogP contribution is -2.39. The Kier molecular flexibility index (Phi) is 8.20. The first-order chi connectivity index (χ1) is 11.8. The minimum atomic E-state index is -0.641. The molecule has 7 heteroatoms. The molecule has 0 bridgehead atoms. The highest BCUT2D eigenvalue weighted by Crippen LogP contribution is 2.10. The number of hydrogen-bond acceptors (Lipinski definition) is 5. The fourth-order valence-corrected chi connectivity index (χ4v) is 2.38. The molecule has 0 spiro atoms. The van der Waals surface area contributed by atoms with E-state index >= 15 is 0 Å². The zero-order valence-corrected chi connectivity index (χ0v) is 14.6. The highest BCUT2D eigenvalue weighted by atomic mass is 32.2. The summed E-state index contributed by atoms with van der Waals surface area (Å²) in [6.07, 6.45) is 7.21. The number of pyridine rings is 1. The van der Waals surface area contributed by atoms with E-state index < -0.39 is 6.10 Å². The Morgan fingerprint density at radius 2 is 2.08 bits per heavy atom. The van der Waals surface area contributed by atoms with Crippen molar-refractivity contribution >= 4 is 17.7 Å². The van der Waals surface area contributed by atoms with Crippen LogP contribution < -0.4 is 10.6 Å². The highest BCUT2D eigenvalue weighted by Gasteiger charge is 2.07. The molecule has 2 aromatic heterocycles. The lowest BCUT2D eigenvalue weighted by Gasteiger charge is -2.13. The molecule has 0 radical (unpaired) electrons. The van der Waals surface area contributed by atoms with Gasteiger partial charge in [-0.3, -0.25) is 9.98 Å². The van der Waals surface area contributed by atoms with Crippen molar-refractivity contribution in [1.29, 1.82) is 0 Å². The lowest BCUT2D eigenvalue weighted by molar-refractivity contribution is 0.187. The summed E-state index contributed by atoms with van der Waals surface area (Å²) in [5, 5.41) is 16.7. The van der Waals surface area contributed by atoms with Crippen molar-refractivity contribution in [3.05, 3.63) is 54.2 Å². The van der Waals surface area contributed by atoms with Gasteiger partial charge in [0.1, 0.15) is 5.76 Å². The van der Waals surface area contributed by atoms with Crippen molar-refractivity contribution < 1.29 is 9.52 Å². The van der Waals surface area contributed by atoms with Crippen LogP contribution in [0.5, 0.6) is 0 Å². The summed E-state index contributed by atoms with van der Waals surface area (Å²) in [5.41, 5.74) is 0.813. The van der Waals surface area contributed by atoms with Crippen LogP contribution in [0.2, 0.25) is 0 Å². The predicted molar refractivity (Wildman–Crippen MR) is 98.3 cm³/mol. The topological polar surface area (TPSA) is 82.7 Å². The molecule has 0 aromatic carbocycles. The first-order valence-corrected chi connectivity index (χ1v) is 9.30. The second kappa shape index (κ2) is 10.7. The number of hydrogen-bond donors (Lipinski definition) is 3.